The predicted octanol–water partition coefficient (Wildman–Crippen LogP) is 3.77. The van der Waals surface area contributed by atoms with E-state index in [9.17, 15) is 0 Å². The molecule has 0 unspecified atom stereocenters. The van der Waals surface area contributed by atoms with E-state index in [4.69, 9.17) is 4.98 Å². The molecule has 1 aromatic carbocycles. The van der Waals surface area contributed by atoms with Crippen molar-refractivity contribution in [3.63, 3.8) is 0 Å². The van der Waals surface area contributed by atoms with E-state index in [-0.39, 0.29) is 0 Å². The van der Waals surface area contributed by atoms with Gasteiger partial charge in [0.1, 0.15) is 0 Å². The lowest BCUT2D eigenvalue weighted by Crippen LogP contribution is -2.42. The van der Waals surface area contributed by atoms with Crippen LogP contribution in [-0.4, -0.2) is 27.9 Å². The first kappa shape index (κ1) is 12.9. The van der Waals surface area contributed by atoms with E-state index in [0.717, 1.165) is 35.1 Å². The molecule has 0 spiro atoms. The van der Waals surface area contributed by atoms with Gasteiger partial charge >= 0.3 is 0 Å². The summed E-state index contributed by atoms with van der Waals surface area (Å²) in [4.78, 5) is 11.7. The van der Waals surface area contributed by atoms with Crippen molar-refractivity contribution in [2.24, 2.45) is 0 Å². The summed E-state index contributed by atoms with van der Waals surface area (Å²) in [6.45, 7) is 1.04. The first-order valence-corrected chi connectivity index (χ1v) is 8.05. The molecule has 3 rings (SSSR count). The molecule has 1 saturated carbocycles. The number of aromatic nitrogens is 2. The summed E-state index contributed by atoms with van der Waals surface area (Å²) in [6.07, 6.45) is 6.96. The topological polar surface area (TPSA) is 29.0 Å². The molecule has 4 heteroatoms. The molecule has 2 aromatic rings. The number of anilines is 1. The van der Waals surface area contributed by atoms with Gasteiger partial charge in [-0.1, -0.05) is 34.1 Å². The number of fused-ring (bicyclic) bond motifs is 1. The van der Waals surface area contributed by atoms with Gasteiger partial charge in [-0.3, -0.25) is 0 Å². The Hall–Kier alpha value is -1.16. The van der Waals surface area contributed by atoms with Crippen LogP contribution in [0.25, 0.3) is 10.9 Å². The van der Waals surface area contributed by atoms with Crippen molar-refractivity contribution in [3.05, 3.63) is 30.5 Å². The molecule has 0 aliphatic heterocycles. The van der Waals surface area contributed by atoms with Gasteiger partial charge in [-0.25, -0.2) is 9.97 Å². The summed E-state index contributed by atoms with van der Waals surface area (Å²) in [5.41, 5.74) is 1.04. The fourth-order valence-corrected chi connectivity index (χ4v) is 2.73. The monoisotopic (exact) mass is 319 g/mol. The van der Waals surface area contributed by atoms with E-state index in [0.29, 0.717) is 6.04 Å². The van der Waals surface area contributed by atoms with Gasteiger partial charge in [0.2, 0.25) is 5.95 Å². The van der Waals surface area contributed by atoms with Gasteiger partial charge in [-0.2, -0.15) is 0 Å². The second kappa shape index (κ2) is 5.87. The molecule has 0 bridgehead atoms. The highest BCUT2D eigenvalue weighted by Crippen LogP contribution is 2.28. The smallest absolute Gasteiger partial charge is 0.226 e. The van der Waals surface area contributed by atoms with Crippen molar-refractivity contribution in [2.75, 3.05) is 16.8 Å². The van der Waals surface area contributed by atoms with Crippen LogP contribution in [-0.2, 0) is 0 Å². The van der Waals surface area contributed by atoms with E-state index < -0.39 is 0 Å². The Kier molecular flexibility index (Phi) is 3.97. The highest BCUT2D eigenvalue weighted by atomic mass is 79.9. The van der Waals surface area contributed by atoms with Gasteiger partial charge in [0.25, 0.3) is 0 Å². The van der Waals surface area contributed by atoms with E-state index in [1.54, 1.807) is 0 Å². The van der Waals surface area contributed by atoms with Gasteiger partial charge in [0.15, 0.2) is 0 Å². The van der Waals surface area contributed by atoms with E-state index in [1.807, 2.05) is 18.3 Å². The molecule has 0 atom stereocenters. The molecule has 19 heavy (non-hydrogen) atoms. The number of hydrogen-bond acceptors (Lipinski definition) is 3. The summed E-state index contributed by atoms with van der Waals surface area (Å²) in [5.74, 6) is 0.893. The maximum absolute atomic E-state index is 4.73. The molecule has 1 fully saturated rings. The van der Waals surface area contributed by atoms with Crippen LogP contribution in [0.4, 0.5) is 5.95 Å². The maximum atomic E-state index is 4.73. The quantitative estimate of drug-likeness (QED) is 0.785. The summed E-state index contributed by atoms with van der Waals surface area (Å²) in [7, 11) is 0. The zero-order valence-electron chi connectivity index (χ0n) is 10.9. The van der Waals surface area contributed by atoms with Crippen LogP contribution in [0.2, 0.25) is 0 Å². The van der Waals surface area contributed by atoms with E-state index in [1.165, 1.54) is 19.3 Å². The second-order valence-corrected chi connectivity index (χ2v) is 5.84. The molecule has 1 aliphatic carbocycles. The van der Waals surface area contributed by atoms with Crippen LogP contribution < -0.4 is 4.90 Å². The van der Waals surface area contributed by atoms with Gasteiger partial charge in [0.05, 0.1) is 5.52 Å². The molecule has 0 N–H and O–H groups in total. The van der Waals surface area contributed by atoms with Crippen LogP contribution in [0.1, 0.15) is 25.7 Å². The molecule has 1 aromatic heterocycles. The number of hydrogen-bond donors (Lipinski definition) is 0. The van der Waals surface area contributed by atoms with Gasteiger partial charge < -0.3 is 4.90 Å². The maximum Gasteiger partial charge on any atom is 0.226 e. The average Bonchev–Trinajstić information content (AvgIpc) is 2.40. The Balaban J connectivity index is 1.89. The van der Waals surface area contributed by atoms with Crippen molar-refractivity contribution in [2.45, 2.75) is 31.7 Å². The number of alkyl halides is 1. The minimum absolute atomic E-state index is 0.639. The van der Waals surface area contributed by atoms with Crippen LogP contribution in [0, 0.1) is 0 Å². The SMILES string of the molecule is BrCCCN(c1ncc2ccccc2n1)C1CCC1. The Labute approximate surface area is 122 Å². The molecule has 1 heterocycles. The number of para-hydroxylation sites is 1. The third kappa shape index (κ3) is 2.73. The Bertz CT molecular complexity index is 554. The average molecular weight is 320 g/mol. The lowest BCUT2D eigenvalue weighted by atomic mass is 9.91. The number of benzene rings is 1. The Morgan fingerprint density at radius 3 is 2.84 bits per heavy atom. The minimum atomic E-state index is 0.639. The third-order valence-electron chi connectivity index (χ3n) is 3.78. The van der Waals surface area contributed by atoms with Crippen LogP contribution in [0.3, 0.4) is 0 Å². The molecule has 0 radical (unpaired) electrons. The Morgan fingerprint density at radius 2 is 2.11 bits per heavy atom. The minimum Gasteiger partial charge on any atom is -0.338 e. The van der Waals surface area contributed by atoms with Crippen molar-refractivity contribution >= 4 is 32.8 Å². The number of rotatable bonds is 5. The molecule has 0 amide bonds. The largest absolute Gasteiger partial charge is 0.338 e. The van der Waals surface area contributed by atoms with Crippen molar-refractivity contribution in [3.8, 4) is 0 Å². The molecule has 0 saturated heterocycles. The highest BCUT2D eigenvalue weighted by Gasteiger charge is 2.26. The molecule has 100 valence electrons. The molecule has 3 nitrogen and oxygen atoms in total. The third-order valence-corrected chi connectivity index (χ3v) is 4.34. The zero-order chi connectivity index (χ0) is 13.1. The van der Waals surface area contributed by atoms with Crippen molar-refractivity contribution in [1.29, 1.82) is 0 Å². The highest BCUT2D eigenvalue weighted by molar-refractivity contribution is 9.09. The molecular formula is C15H18BrN3. The standard InChI is InChI=1S/C15H18BrN3/c16-9-4-10-19(13-6-3-7-13)15-17-11-12-5-1-2-8-14(12)18-15/h1-2,5,8,11,13H,3-4,6-7,9-10H2. The lowest BCUT2D eigenvalue weighted by Gasteiger charge is -2.37. The zero-order valence-corrected chi connectivity index (χ0v) is 12.5. The van der Waals surface area contributed by atoms with Crippen molar-refractivity contribution < 1.29 is 0 Å². The summed E-state index contributed by atoms with van der Waals surface area (Å²) in [6, 6.07) is 8.82. The Morgan fingerprint density at radius 1 is 1.26 bits per heavy atom. The summed E-state index contributed by atoms with van der Waals surface area (Å²) in [5, 5.41) is 2.14. The normalized spacial score (nSPS) is 15.4. The first-order chi connectivity index (χ1) is 9.38. The van der Waals surface area contributed by atoms with Gasteiger partial charge in [-0.15, -0.1) is 0 Å². The van der Waals surface area contributed by atoms with Crippen LogP contribution in [0.5, 0.6) is 0 Å². The van der Waals surface area contributed by atoms with Gasteiger partial charge in [-0.05, 0) is 31.7 Å². The van der Waals surface area contributed by atoms with E-state index in [2.05, 4.69) is 37.9 Å². The molecule has 1 aliphatic rings. The predicted molar refractivity (Wildman–Crippen MR) is 82.9 cm³/mol. The lowest BCUT2D eigenvalue weighted by molar-refractivity contribution is 0.382. The molecular weight excluding hydrogens is 302 g/mol. The second-order valence-electron chi connectivity index (χ2n) is 5.05. The summed E-state index contributed by atoms with van der Waals surface area (Å²) >= 11 is 3.51. The van der Waals surface area contributed by atoms with E-state index >= 15 is 0 Å². The number of nitrogens with zero attached hydrogens (tertiary/aromatic N) is 3. The van der Waals surface area contributed by atoms with Crippen LogP contribution >= 0.6 is 15.9 Å². The van der Waals surface area contributed by atoms with Crippen LogP contribution in [0.15, 0.2) is 30.5 Å². The fourth-order valence-electron chi connectivity index (χ4n) is 2.48. The number of halogens is 1. The van der Waals surface area contributed by atoms with Gasteiger partial charge in [0, 0.05) is 29.5 Å². The fraction of sp³-hybridized carbons (Fsp3) is 0.467. The van der Waals surface area contributed by atoms with Crippen molar-refractivity contribution in [1.82, 2.24) is 9.97 Å². The summed E-state index contributed by atoms with van der Waals surface area (Å²) < 4.78 is 0. The first-order valence-electron chi connectivity index (χ1n) is 6.93.